The number of pyridine rings is 1. The van der Waals surface area contributed by atoms with Gasteiger partial charge in [-0.25, -0.2) is 4.79 Å². The number of sulfonamides is 1. The monoisotopic (exact) mass is 503 g/mol. The maximum Gasteiger partial charge on any atom is 0.345 e. The summed E-state index contributed by atoms with van der Waals surface area (Å²) in [6, 6.07) is 24.0. The lowest BCUT2D eigenvalue weighted by atomic mass is 10.1. The van der Waals surface area contributed by atoms with Gasteiger partial charge in [-0.3, -0.25) is 4.98 Å². The molecular weight excluding hydrogens is 486 g/mol. The van der Waals surface area contributed by atoms with E-state index >= 15 is 0 Å². The van der Waals surface area contributed by atoms with Crippen LogP contribution in [0.4, 0.5) is 5.69 Å². The molecule has 1 aliphatic rings. The summed E-state index contributed by atoms with van der Waals surface area (Å²) in [7, 11) is -3.85. The van der Waals surface area contributed by atoms with Crippen LogP contribution in [0.5, 0.6) is 5.75 Å². The van der Waals surface area contributed by atoms with Crippen molar-refractivity contribution >= 4 is 39.1 Å². The molecule has 0 fully saturated rings. The second kappa shape index (κ2) is 9.32. The molecule has 9 heteroatoms. The summed E-state index contributed by atoms with van der Waals surface area (Å²) in [4.78, 5) is 18.5. The Morgan fingerprint density at radius 3 is 2.43 bits per heavy atom. The molecule has 2 heterocycles. The fourth-order valence-electron chi connectivity index (χ4n) is 3.74. The fourth-order valence-corrected chi connectivity index (χ4v) is 5.08. The van der Waals surface area contributed by atoms with Crippen LogP contribution in [0, 0.1) is 0 Å². The Hall–Kier alpha value is -4.01. The third-order valence-electron chi connectivity index (χ3n) is 5.41. The number of fused-ring (bicyclic) bond motifs is 1. The minimum atomic E-state index is -3.85. The average Bonchev–Trinajstić information content (AvgIpc) is 3.15. The van der Waals surface area contributed by atoms with Crippen molar-refractivity contribution < 1.29 is 17.9 Å². The van der Waals surface area contributed by atoms with Gasteiger partial charge in [-0.2, -0.15) is 8.42 Å². The van der Waals surface area contributed by atoms with Gasteiger partial charge in [-0.1, -0.05) is 41.9 Å². The molecule has 35 heavy (non-hydrogen) atoms. The zero-order chi connectivity index (χ0) is 24.4. The highest BCUT2D eigenvalue weighted by molar-refractivity contribution is 7.90. The largest absolute Gasteiger partial charge is 0.423 e. The molecular formula is C26H18ClN3O4S. The van der Waals surface area contributed by atoms with E-state index in [1.165, 1.54) is 12.3 Å². The number of hydrogen-bond donors (Lipinski definition) is 0. The second-order valence-corrected chi connectivity index (χ2v) is 9.70. The number of esters is 1. The highest BCUT2D eigenvalue weighted by Gasteiger charge is 2.32. The molecule has 0 spiro atoms. The number of rotatable bonds is 5. The van der Waals surface area contributed by atoms with Crippen LogP contribution in [0.2, 0.25) is 5.02 Å². The number of para-hydroxylation sites is 1. The maximum absolute atomic E-state index is 12.8. The van der Waals surface area contributed by atoms with Crippen molar-refractivity contribution in [2.75, 3.05) is 4.90 Å². The van der Waals surface area contributed by atoms with Crippen LogP contribution in [0.3, 0.4) is 0 Å². The molecule has 0 bridgehead atoms. The van der Waals surface area contributed by atoms with Crippen molar-refractivity contribution in [2.24, 2.45) is 4.40 Å². The molecule has 0 unspecified atom stereocenters. The lowest BCUT2D eigenvalue weighted by molar-refractivity contribution is 0.0732. The van der Waals surface area contributed by atoms with Crippen molar-refractivity contribution in [1.29, 1.82) is 0 Å². The van der Waals surface area contributed by atoms with Gasteiger partial charge < -0.3 is 9.64 Å². The quantitative estimate of drug-likeness (QED) is 0.278. The van der Waals surface area contributed by atoms with Gasteiger partial charge >= 0.3 is 5.97 Å². The van der Waals surface area contributed by atoms with Crippen LogP contribution in [-0.4, -0.2) is 25.2 Å². The summed E-state index contributed by atoms with van der Waals surface area (Å²) in [5, 5.41) is 0.542. The van der Waals surface area contributed by atoms with Crippen LogP contribution in [0.15, 0.2) is 107 Å². The molecule has 0 N–H and O–H groups in total. The van der Waals surface area contributed by atoms with Gasteiger partial charge in [0.2, 0.25) is 0 Å². The minimum Gasteiger partial charge on any atom is -0.423 e. The molecule has 5 rings (SSSR count). The first-order chi connectivity index (χ1) is 16.9. The molecule has 0 saturated carbocycles. The third-order valence-corrected chi connectivity index (χ3v) is 6.98. The number of halogens is 1. The molecule has 0 amide bonds. The minimum absolute atomic E-state index is 0.144. The lowest BCUT2D eigenvalue weighted by Crippen LogP contribution is -2.30. The van der Waals surface area contributed by atoms with Crippen LogP contribution in [-0.2, 0) is 16.6 Å². The van der Waals surface area contributed by atoms with E-state index in [2.05, 4.69) is 9.38 Å². The standard InChI is InChI=1S/C26H18ClN3O4S/c27-20-11-13-21(14-12-20)30(25-22-8-2-4-10-24(22)35(32,33)29-25)17-19-6-1-3-9-23(19)34-26(31)18-7-5-15-28-16-18/h1-16H,17H2. The summed E-state index contributed by atoms with van der Waals surface area (Å²) < 4.78 is 35.3. The number of nitrogens with zero attached hydrogens (tertiary/aromatic N) is 3. The predicted octanol–water partition coefficient (Wildman–Crippen LogP) is 5.11. The van der Waals surface area contributed by atoms with Crippen LogP contribution >= 0.6 is 11.6 Å². The molecule has 0 radical (unpaired) electrons. The predicted molar refractivity (Wildman–Crippen MR) is 133 cm³/mol. The molecule has 4 aromatic rings. The molecule has 0 aliphatic carbocycles. The van der Waals surface area contributed by atoms with Crippen molar-refractivity contribution in [2.45, 2.75) is 11.4 Å². The number of carbonyl (C=O) groups excluding carboxylic acids is 1. The first-order valence-corrected chi connectivity index (χ1v) is 12.4. The number of anilines is 1. The summed E-state index contributed by atoms with van der Waals surface area (Å²) in [6.07, 6.45) is 3.00. The number of carbonyl (C=O) groups is 1. The first-order valence-electron chi connectivity index (χ1n) is 10.6. The summed E-state index contributed by atoms with van der Waals surface area (Å²) in [6.45, 7) is 0.181. The third kappa shape index (κ3) is 4.66. The van der Waals surface area contributed by atoms with E-state index in [1.807, 2.05) is 12.1 Å². The van der Waals surface area contributed by atoms with Gasteiger partial charge in [0.1, 0.15) is 10.6 Å². The van der Waals surface area contributed by atoms with Gasteiger partial charge in [0.05, 0.1) is 12.1 Å². The van der Waals surface area contributed by atoms with Gasteiger partial charge in [-0.05, 0) is 54.6 Å². The summed E-state index contributed by atoms with van der Waals surface area (Å²) in [5.74, 6) is 0.0705. The molecule has 174 valence electrons. The SMILES string of the molecule is O=C(Oc1ccccc1CN(C1=NS(=O)(=O)c2ccccc21)c1ccc(Cl)cc1)c1cccnc1. The van der Waals surface area contributed by atoms with E-state index < -0.39 is 16.0 Å². The first kappa shape index (κ1) is 22.8. The van der Waals surface area contributed by atoms with Crippen molar-refractivity contribution in [3.05, 3.63) is 119 Å². The van der Waals surface area contributed by atoms with Crippen LogP contribution in [0.1, 0.15) is 21.5 Å². The molecule has 7 nitrogen and oxygen atoms in total. The zero-order valence-corrected chi connectivity index (χ0v) is 19.8. The van der Waals surface area contributed by atoms with Gasteiger partial charge in [0.15, 0.2) is 5.84 Å². The van der Waals surface area contributed by atoms with E-state index in [4.69, 9.17) is 16.3 Å². The number of ether oxygens (including phenoxy) is 1. The Balaban J connectivity index is 1.56. The Bertz CT molecular complexity index is 1540. The number of aromatic nitrogens is 1. The zero-order valence-electron chi connectivity index (χ0n) is 18.2. The maximum atomic E-state index is 12.8. The topological polar surface area (TPSA) is 88.9 Å². The number of amidine groups is 1. The smallest absolute Gasteiger partial charge is 0.345 e. The van der Waals surface area contributed by atoms with Gasteiger partial charge in [0.25, 0.3) is 10.0 Å². The van der Waals surface area contributed by atoms with Crippen LogP contribution < -0.4 is 9.64 Å². The van der Waals surface area contributed by atoms with Crippen molar-refractivity contribution in [1.82, 2.24) is 4.98 Å². The van der Waals surface area contributed by atoms with Gasteiger partial charge in [0, 0.05) is 34.2 Å². The van der Waals surface area contributed by atoms with Crippen molar-refractivity contribution in [3.63, 3.8) is 0 Å². The van der Waals surface area contributed by atoms with E-state index in [9.17, 15) is 13.2 Å². The number of hydrogen-bond acceptors (Lipinski definition) is 6. The highest BCUT2D eigenvalue weighted by atomic mass is 35.5. The van der Waals surface area contributed by atoms with Gasteiger partial charge in [-0.15, -0.1) is 4.40 Å². The second-order valence-electron chi connectivity index (χ2n) is 7.69. The highest BCUT2D eigenvalue weighted by Crippen LogP contribution is 2.33. The normalized spacial score (nSPS) is 13.6. The van der Waals surface area contributed by atoms with Crippen molar-refractivity contribution in [3.8, 4) is 5.75 Å². The van der Waals surface area contributed by atoms with Crippen LogP contribution in [0.25, 0.3) is 0 Å². The van der Waals surface area contributed by atoms with E-state index in [1.54, 1.807) is 77.8 Å². The molecule has 1 aromatic heterocycles. The summed E-state index contributed by atoms with van der Waals surface area (Å²) >= 11 is 6.10. The Labute approximate surface area is 207 Å². The van der Waals surface area contributed by atoms with E-state index in [0.29, 0.717) is 33.1 Å². The Morgan fingerprint density at radius 2 is 1.66 bits per heavy atom. The lowest BCUT2D eigenvalue weighted by Gasteiger charge is -2.26. The Morgan fingerprint density at radius 1 is 0.914 bits per heavy atom. The average molecular weight is 504 g/mol. The molecule has 0 atom stereocenters. The molecule has 0 saturated heterocycles. The summed E-state index contributed by atoms with van der Waals surface area (Å²) in [5.41, 5.74) is 2.14. The molecule has 3 aromatic carbocycles. The number of benzene rings is 3. The van der Waals surface area contributed by atoms with E-state index in [-0.39, 0.29) is 17.3 Å². The molecule has 1 aliphatic heterocycles. The fraction of sp³-hybridized carbons (Fsp3) is 0.0385. The van der Waals surface area contributed by atoms with E-state index in [0.717, 1.165) is 0 Å². The Kier molecular flexibility index (Phi) is 6.07.